The number of Topliss-reactive ketones (excluding diaryl/α,β-unsaturated/α-hetero) is 1. The molecular weight excluding hydrogens is 248 g/mol. The predicted molar refractivity (Wildman–Crippen MR) is 69.8 cm³/mol. The monoisotopic (exact) mass is 258 g/mol. The van der Waals surface area contributed by atoms with Gasteiger partial charge in [0.15, 0.2) is 11.9 Å². The Balaban J connectivity index is 1.77. The number of epoxide rings is 1. The Bertz CT molecular complexity index is 580. The van der Waals surface area contributed by atoms with Crippen molar-refractivity contribution in [3.8, 4) is 0 Å². The first-order valence-corrected chi connectivity index (χ1v) is 6.14. The van der Waals surface area contributed by atoms with Crippen LogP contribution >= 0.6 is 11.6 Å². The van der Waals surface area contributed by atoms with Gasteiger partial charge >= 0.3 is 0 Å². The smallest absolute Gasteiger partial charge is 0.194 e. The van der Waals surface area contributed by atoms with Gasteiger partial charge < -0.3 is 4.74 Å². The molecule has 90 valence electrons. The molecule has 0 radical (unpaired) electrons. The first-order valence-electron chi connectivity index (χ1n) is 5.76. The Labute approximate surface area is 110 Å². The van der Waals surface area contributed by atoms with Crippen LogP contribution in [0.4, 0.5) is 0 Å². The summed E-state index contributed by atoms with van der Waals surface area (Å²) < 4.78 is 5.47. The van der Waals surface area contributed by atoms with Crippen LogP contribution in [0.1, 0.15) is 22.0 Å². The van der Waals surface area contributed by atoms with Gasteiger partial charge in [0, 0.05) is 10.6 Å². The van der Waals surface area contributed by atoms with Crippen LogP contribution in [-0.4, -0.2) is 11.9 Å². The summed E-state index contributed by atoms with van der Waals surface area (Å²) in [6.07, 6.45) is -0.526. The Kier molecular flexibility index (Phi) is 2.90. The van der Waals surface area contributed by atoms with Crippen molar-refractivity contribution >= 4 is 17.4 Å². The number of benzene rings is 2. The van der Waals surface area contributed by atoms with Crippen molar-refractivity contribution in [1.82, 2.24) is 0 Å². The van der Waals surface area contributed by atoms with Gasteiger partial charge in [0.2, 0.25) is 0 Å². The summed E-state index contributed by atoms with van der Waals surface area (Å²) in [4.78, 5) is 12.1. The van der Waals surface area contributed by atoms with Crippen molar-refractivity contribution < 1.29 is 9.53 Å². The number of halogens is 1. The highest BCUT2D eigenvalue weighted by atomic mass is 35.5. The summed E-state index contributed by atoms with van der Waals surface area (Å²) >= 11 is 5.92. The second-order valence-electron chi connectivity index (χ2n) is 4.26. The molecular formula is C15H11ClO2. The standard InChI is InChI=1S/C15H11ClO2/c16-12-8-4-7-11(9-12)14-15(18-14)13(17)10-5-2-1-3-6-10/h1-9,14-15H/t14-,15+/m0/s1. The van der Waals surface area contributed by atoms with Crippen LogP contribution in [-0.2, 0) is 4.74 Å². The maximum Gasteiger partial charge on any atom is 0.194 e. The Hall–Kier alpha value is -1.64. The van der Waals surface area contributed by atoms with Gasteiger partial charge in [-0.3, -0.25) is 4.79 Å². The molecule has 0 aromatic heterocycles. The van der Waals surface area contributed by atoms with E-state index in [1.807, 2.05) is 42.5 Å². The van der Waals surface area contributed by atoms with Gasteiger partial charge in [-0.1, -0.05) is 54.1 Å². The highest BCUT2D eigenvalue weighted by Crippen LogP contribution is 2.41. The van der Waals surface area contributed by atoms with E-state index in [0.717, 1.165) is 5.56 Å². The van der Waals surface area contributed by atoms with E-state index < -0.39 is 0 Å². The van der Waals surface area contributed by atoms with Crippen molar-refractivity contribution in [2.24, 2.45) is 0 Å². The maximum absolute atomic E-state index is 12.1. The van der Waals surface area contributed by atoms with Crippen LogP contribution in [0.2, 0.25) is 5.02 Å². The number of ketones is 1. The third kappa shape index (κ3) is 2.17. The average molecular weight is 259 g/mol. The van der Waals surface area contributed by atoms with E-state index in [4.69, 9.17) is 16.3 Å². The molecule has 0 bridgehead atoms. The van der Waals surface area contributed by atoms with E-state index in [1.54, 1.807) is 12.1 Å². The molecule has 2 aromatic rings. The van der Waals surface area contributed by atoms with Crippen molar-refractivity contribution in [2.45, 2.75) is 12.2 Å². The van der Waals surface area contributed by atoms with Crippen molar-refractivity contribution in [3.05, 3.63) is 70.7 Å². The van der Waals surface area contributed by atoms with Crippen LogP contribution in [0.25, 0.3) is 0 Å². The first kappa shape index (κ1) is 11.5. The highest BCUT2D eigenvalue weighted by molar-refractivity contribution is 6.30. The van der Waals surface area contributed by atoms with Gasteiger partial charge in [0.25, 0.3) is 0 Å². The predicted octanol–water partition coefficient (Wildman–Crippen LogP) is 3.66. The minimum atomic E-state index is -0.370. The Morgan fingerprint density at radius 2 is 1.83 bits per heavy atom. The summed E-state index contributed by atoms with van der Waals surface area (Å²) in [6, 6.07) is 16.6. The van der Waals surface area contributed by atoms with E-state index in [0.29, 0.717) is 10.6 Å². The number of ether oxygens (including phenoxy) is 1. The largest absolute Gasteiger partial charge is 0.356 e. The van der Waals surface area contributed by atoms with Gasteiger partial charge in [-0.25, -0.2) is 0 Å². The molecule has 0 unspecified atom stereocenters. The number of hydrogen-bond donors (Lipinski definition) is 0. The summed E-state index contributed by atoms with van der Waals surface area (Å²) in [5.74, 6) is 0.0283. The molecule has 1 saturated heterocycles. The number of rotatable bonds is 3. The van der Waals surface area contributed by atoms with Gasteiger partial charge in [-0.2, -0.15) is 0 Å². The van der Waals surface area contributed by atoms with Gasteiger partial charge in [-0.05, 0) is 17.7 Å². The molecule has 0 spiro atoms. The topological polar surface area (TPSA) is 29.6 Å². The normalized spacial score (nSPS) is 21.6. The summed E-state index contributed by atoms with van der Waals surface area (Å²) in [5.41, 5.74) is 1.64. The van der Waals surface area contributed by atoms with Gasteiger partial charge in [0.05, 0.1) is 0 Å². The third-order valence-electron chi connectivity index (χ3n) is 2.99. The van der Waals surface area contributed by atoms with E-state index >= 15 is 0 Å². The maximum atomic E-state index is 12.1. The average Bonchev–Trinajstić information content (AvgIpc) is 3.19. The molecule has 2 aromatic carbocycles. The summed E-state index contributed by atoms with van der Waals surface area (Å²) in [7, 11) is 0. The van der Waals surface area contributed by atoms with Crippen LogP contribution in [0, 0.1) is 0 Å². The van der Waals surface area contributed by atoms with Crippen molar-refractivity contribution in [1.29, 1.82) is 0 Å². The zero-order valence-electron chi connectivity index (χ0n) is 9.55. The number of hydrogen-bond acceptors (Lipinski definition) is 2. The van der Waals surface area contributed by atoms with Crippen molar-refractivity contribution in [2.75, 3.05) is 0 Å². The lowest BCUT2D eigenvalue weighted by Gasteiger charge is -1.98. The lowest BCUT2D eigenvalue weighted by atomic mass is 10.0. The zero-order chi connectivity index (χ0) is 12.5. The molecule has 2 nitrogen and oxygen atoms in total. The fraction of sp³-hybridized carbons (Fsp3) is 0.133. The lowest BCUT2D eigenvalue weighted by Crippen LogP contribution is -2.07. The van der Waals surface area contributed by atoms with E-state index in [-0.39, 0.29) is 18.0 Å². The van der Waals surface area contributed by atoms with Gasteiger partial charge in [0.1, 0.15) is 6.10 Å². The molecule has 0 saturated carbocycles. The zero-order valence-corrected chi connectivity index (χ0v) is 10.3. The SMILES string of the molecule is O=C(c1ccccc1)[C@H]1O[C@H]1c1cccc(Cl)c1. The first-order chi connectivity index (χ1) is 8.75. The second kappa shape index (κ2) is 4.56. The molecule has 1 fully saturated rings. The molecule has 18 heavy (non-hydrogen) atoms. The minimum Gasteiger partial charge on any atom is -0.356 e. The van der Waals surface area contributed by atoms with Crippen LogP contribution < -0.4 is 0 Å². The van der Waals surface area contributed by atoms with E-state index in [2.05, 4.69) is 0 Å². The lowest BCUT2D eigenvalue weighted by molar-refractivity contribution is 0.0953. The molecule has 2 atom stereocenters. The minimum absolute atomic E-state index is 0.0283. The molecule has 0 N–H and O–H groups in total. The van der Waals surface area contributed by atoms with E-state index in [9.17, 15) is 4.79 Å². The number of carbonyl (C=O) groups excluding carboxylic acids is 1. The van der Waals surface area contributed by atoms with Gasteiger partial charge in [-0.15, -0.1) is 0 Å². The number of carbonyl (C=O) groups is 1. The molecule has 3 rings (SSSR count). The molecule has 1 aliphatic rings. The summed E-state index contributed by atoms with van der Waals surface area (Å²) in [5, 5.41) is 0.661. The Morgan fingerprint density at radius 3 is 2.56 bits per heavy atom. The second-order valence-corrected chi connectivity index (χ2v) is 4.70. The third-order valence-corrected chi connectivity index (χ3v) is 3.22. The molecule has 1 aliphatic heterocycles. The molecule has 3 heteroatoms. The van der Waals surface area contributed by atoms with Crippen LogP contribution in [0.5, 0.6) is 0 Å². The van der Waals surface area contributed by atoms with Crippen LogP contribution in [0.15, 0.2) is 54.6 Å². The molecule has 1 heterocycles. The van der Waals surface area contributed by atoms with Crippen molar-refractivity contribution in [3.63, 3.8) is 0 Å². The molecule has 0 aliphatic carbocycles. The highest BCUT2D eigenvalue weighted by Gasteiger charge is 2.46. The fourth-order valence-electron chi connectivity index (χ4n) is 2.02. The summed E-state index contributed by atoms with van der Waals surface area (Å²) in [6.45, 7) is 0. The van der Waals surface area contributed by atoms with Crippen LogP contribution in [0.3, 0.4) is 0 Å². The fourth-order valence-corrected chi connectivity index (χ4v) is 2.21. The molecule has 0 amide bonds. The Morgan fingerprint density at radius 1 is 1.06 bits per heavy atom. The quantitative estimate of drug-likeness (QED) is 0.621. The van der Waals surface area contributed by atoms with E-state index in [1.165, 1.54) is 0 Å².